The third kappa shape index (κ3) is 3.63. The average molecular weight is 493 g/mol. The second kappa shape index (κ2) is 8.68. The number of rotatable bonds is 3. The first-order valence-corrected chi connectivity index (χ1v) is 12.9. The Morgan fingerprint density at radius 2 is 1.54 bits per heavy atom. The summed E-state index contributed by atoms with van der Waals surface area (Å²) < 4.78 is 11.8. The van der Waals surface area contributed by atoms with Gasteiger partial charge in [0.25, 0.3) is 0 Å². The number of hydrogen-bond acceptors (Lipinski definition) is 5. The molecule has 0 spiro atoms. The summed E-state index contributed by atoms with van der Waals surface area (Å²) in [5.74, 6) is 0.0101. The van der Waals surface area contributed by atoms with Gasteiger partial charge in [-0.2, -0.15) is 0 Å². The van der Waals surface area contributed by atoms with E-state index < -0.39 is 5.60 Å². The molecule has 2 bridgehead atoms. The van der Waals surface area contributed by atoms with Crippen LogP contribution in [0.3, 0.4) is 0 Å². The lowest BCUT2D eigenvalue weighted by Crippen LogP contribution is -2.62. The van der Waals surface area contributed by atoms with Crippen molar-refractivity contribution in [2.45, 2.75) is 36.4 Å². The molecule has 1 aliphatic carbocycles. The summed E-state index contributed by atoms with van der Waals surface area (Å²) in [5.41, 5.74) is 4.52. The quantitative estimate of drug-likeness (QED) is 0.424. The lowest BCUT2D eigenvalue weighted by molar-refractivity contribution is -0.136. The zero-order chi connectivity index (χ0) is 25.0. The van der Waals surface area contributed by atoms with Crippen LogP contribution in [0.2, 0.25) is 0 Å². The molecule has 3 aromatic carbocycles. The smallest absolute Gasteiger partial charge is 0.410 e. The molecular formula is C31H28N2O4. The molecule has 2 fully saturated rings. The highest BCUT2D eigenvalue weighted by molar-refractivity contribution is 5.85. The highest BCUT2D eigenvalue weighted by Crippen LogP contribution is 2.46. The zero-order valence-electron chi connectivity index (χ0n) is 20.4. The summed E-state index contributed by atoms with van der Waals surface area (Å²) in [5, 5.41) is 13.9. The molecular weight excluding hydrogens is 464 g/mol. The van der Waals surface area contributed by atoms with E-state index in [-0.39, 0.29) is 30.7 Å². The molecule has 2 saturated heterocycles. The van der Waals surface area contributed by atoms with Crippen LogP contribution < -0.4 is 0 Å². The van der Waals surface area contributed by atoms with Crippen molar-refractivity contribution in [3.05, 3.63) is 102 Å². The SMILES string of the molecule is O=C(OCC1c2ccccc2-c2ccccc21)N1C2COCC1CC(O)(c1cncc3ccccc13)C2. The fraction of sp³-hybridized carbons (Fsp3) is 0.290. The lowest BCUT2D eigenvalue weighted by atomic mass is 9.76. The summed E-state index contributed by atoms with van der Waals surface area (Å²) in [6, 6.07) is 24.1. The van der Waals surface area contributed by atoms with Gasteiger partial charge in [0.1, 0.15) is 6.61 Å². The molecule has 186 valence electrons. The van der Waals surface area contributed by atoms with Crippen molar-refractivity contribution in [3.8, 4) is 11.1 Å². The van der Waals surface area contributed by atoms with Crippen molar-refractivity contribution < 1.29 is 19.4 Å². The maximum atomic E-state index is 13.5. The number of nitrogens with zero attached hydrogens (tertiary/aromatic N) is 2. The number of hydrogen-bond donors (Lipinski definition) is 1. The Labute approximate surface area is 215 Å². The molecule has 4 aromatic rings. The van der Waals surface area contributed by atoms with Crippen LogP contribution in [0, 0.1) is 0 Å². The number of benzene rings is 3. The first-order chi connectivity index (χ1) is 18.1. The van der Waals surface area contributed by atoms with Crippen LogP contribution in [0.4, 0.5) is 4.79 Å². The van der Waals surface area contributed by atoms with Gasteiger partial charge in [-0.05, 0) is 27.6 Å². The number of ether oxygens (including phenoxy) is 2. The predicted molar refractivity (Wildman–Crippen MR) is 140 cm³/mol. The molecule has 3 heterocycles. The Morgan fingerprint density at radius 1 is 0.919 bits per heavy atom. The van der Waals surface area contributed by atoms with Gasteiger partial charge in [0.2, 0.25) is 0 Å². The van der Waals surface area contributed by atoms with Crippen LogP contribution >= 0.6 is 0 Å². The molecule has 2 atom stereocenters. The Kier molecular flexibility index (Phi) is 5.27. The molecule has 0 radical (unpaired) electrons. The number of piperidine rings is 1. The van der Waals surface area contributed by atoms with Crippen LogP contribution in [0.1, 0.15) is 35.4 Å². The van der Waals surface area contributed by atoms with Crippen molar-refractivity contribution >= 4 is 16.9 Å². The summed E-state index contributed by atoms with van der Waals surface area (Å²) in [4.78, 5) is 19.7. The fourth-order valence-corrected chi connectivity index (χ4v) is 6.65. The first kappa shape index (κ1) is 22.5. The van der Waals surface area contributed by atoms with Crippen molar-refractivity contribution in [2.24, 2.45) is 0 Å². The van der Waals surface area contributed by atoms with Gasteiger partial charge in [0.15, 0.2) is 0 Å². The molecule has 37 heavy (non-hydrogen) atoms. The van der Waals surface area contributed by atoms with Gasteiger partial charge in [-0.1, -0.05) is 72.8 Å². The van der Waals surface area contributed by atoms with E-state index in [0.717, 1.165) is 16.3 Å². The normalized spacial score (nSPS) is 24.5. The van der Waals surface area contributed by atoms with Crippen molar-refractivity contribution in [2.75, 3.05) is 19.8 Å². The molecule has 2 unspecified atom stereocenters. The van der Waals surface area contributed by atoms with Crippen LogP contribution in [-0.4, -0.2) is 53.0 Å². The van der Waals surface area contributed by atoms with E-state index in [9.17, 15) is 9.90 Å². The van der Waals surface area contributed by atoms with E-state index in [4.69, 9.17) is 9.47 Å². The number of aliphatic hydroxyl groups is 1. The number of carbonyl (C=O) groups excluding carboxylic acids is 1. The lowest BCUT2D eigenvalue weighted by Gasteiger charge is -2.51. The number of carbonyl (C=O) groups is 1. The monoisotopic (exact) mass is 492 g/mol. The molecule has 6 heteroatoms. The third-order valence-electron chi connectivity index (χ3n) is 8.27. The molecule has 2 aliphatic heterocycles. The number of amides is 1. The van der Waals surface area contributed by atoms with E-state index in [1.807, 2.05) is 59.6 Å². The molecule has 1 aromatic heterocycles. The molecule has 7 rings (SSSR count). The van der Waals surface area contributed by atoms with E-state index in [2.05, 4.69) is 29.2 Å². The van der Waals surface area contributed by atoms with E-state index >= 15 is 0 Å². The minimum atomic E-state index is -1.09. The Balaban J connectivity index is 1.13. The highest BCUT2D eigenvalue weighted by Gasteiger charge is 2.50. The van der Waals surface area contributed by atoms with Gasteiger partial charge >= 0.3 is 6.09 Å². The van der Waals surface area contributed by atoms with Crippen molar-refractivity contribution in [1.82, 2.24) is 9.88 Å². The standard InChI is InChI=1S/C31H28N2O4/c34-30(37-19-28-26-11-5-3-9-24(26)25-10-4-6-12-27(25)28)33-21-13-31(35,14-22(33)18-36-17-21)29-16-32-15-20-7-1-2-8-23(20)29/h1-12,15-16,21-22,28,35H,13-14,17-19H2. The number of morpholine rings is 1. The topological polar surface area (TPSA) is 71.9 Å². The number of pyridine rings is 1. The highest BCUT2D eigenvalue weighted by atomic mass is 16.6. The molecule has 1 amide bonds. The van der Waals surface area contributed by atoms with Crippen molar-refractivity contribution in [3.63, 3.8) is 0 Å². The molecule has 6 nitrogen and oxygen atoms in total. The first-order valence-electron chi connectivity index (χ1n) is 12.9. The largest absolute Gasteiger partial charge is 0.448 e. The van der Waals surface area contributed by atoms with Gasteiger partial charge in [-0.15, -0.1) is 0 Å². The van der Waals surface area contributed by atoms with Gasteiger partial charge in [0.05, 0.1) is 30.9 Å². The molecule has 0 saturated carbocycles. The van der Waals surface area contributed by atoms with Crippen LogP contribution in [0.5, 0.6) is 0 Å². The summed E-state index contributed by atoms with van der Waals surface area (Å²) >= 11 is 0. The van der Waals surface area contributed by atoms with Crippen LogP contribution in [0.25, 0.3) is 21.9 Å². The molecule has 3 aliphatic rings. The Hall–Kier alpha value is -3.74. The van der Waals surface area contributed by atoms with Crippen molar-refractivity contribution in [1.29, 1.82) is 0 Å². The van der Waals surface area contributed by atoms with Gasteiger partial charge in [-0.3, -0.25) is 9.88 Å². The summed E-state index contributed by atoms with van der Waals surface area (Å²) in [7, 11) is 0. The maximum absolute atomic E-state index is 13.5. The van der Waals surface area contributed by atoms with E-state index in [0.29, 0.717) is 26.1 Å². The maximum Gasteiger partial charge on any atom is 0.410 e. The summed E-state index contributed by atoms with van der Waals surface area (Å²) in [6.45, 7) is 1.03. The Bertz CT molecular complexity index is 1440. The van der Waals surface area contributed by atoms with Crippen LogP contribution in [-0.2, 0) is 15.1 Å². The predicted octanol–water partition coefficient (Wildman–Crippen LogP) is 5.23. The third-order valence-corrected chi connectivity index (χ3v) is 8.27. The Morgan fingerprint density at radius 3 is 2.24 bits per heavy atom. The summed E-state index contributed by atoms with van der Waals surface area (Å²) in [6.07, 6.45) is 4.00. The average Bonchev–Trinajstić information content (AvgIpc) is 3.24. The van der Waals surface area contributed by atoms with Gasteiger partial charge < -0.3 is 14.6 Å². The van der Waals surface area contributed by atoms with Gasteiger partial charge in [0, 0.05) is 42.1 Å². The van der Waals surface area contributed by atoms with Gasteiger partial charge in [-0.25, -0.2) is 4.79 Å². The van der Waals surface area contributed by atoms with E-state index in [1.54, 1.807) is 6.20 Å². The number of fused-ring (bicyclic) bond motifs is 6. The zero-order valence-corrected chi connectivity index (χ0v) is 20.4. The van der Waals surface area contributed by atoms with E-state index in [1.165, 1.54) is 22.3 Å². The fourth-order valence-electron chi connectivity index (χ4n) is 6.65. The van der Waals surface area contributed by atoms with Crippen LogP contribution in [0.15, 0.2) is 85.2 Å². The number of aromatic nitrogens is 1. The minimum absolute atomic E-state index is 0.0101. The second-order valence-electron chi connectivity index (χ2n) is 10.4. The molecule has 1 N–H and O–H groups in total. The minimum Gasteiger partial charge on any atom is -0.448 e. The second-order valence-corrected chi connectivity index (χ2v) is 10.4.